The molecule has 108 valence electrons. The monoisotopic (exact) mass is 326 g/mol. The van der Waals surface area contributed by atoms with Crippen molar-refractivity contribution in [2.24, 2.45) is 5.73 Å². The summed E-state index contributed by atoms with van der Waals surface area (Å²) in [4.78, 5) is 2.41. The molecule has 0 aliphatic heterocycles. The first kappa shape index (κ1) is 16.7. The zero-order valence-corrected chi connectivity index (χ0v) is 14.0. The fourth-order valence-electron chi connectivity index (χ4n) is 2.48. The molecule has 1 aromatic rings. The van der Waals surface area contributed by atoms with Gasteiger partial charge in [0.1, 0.15) is 0 Å². The topological polar surface area (TPSA) is 29.3 Å². The highest BCUT2D eigenvalue weighted by Gasteiger charge is 2.24. The summed E-state index contributed by atoms with van der Waals surface area (Å²) in [7, 11) is 2.19. The van der Waals surface area contributed by atoms with E-state index in [9.17, 15) is 0 Å². The summed E-state index contributed by atoms with van der Waals surface area (Å²) < 4.78 is 1.16. The number of nitrogens with zero attached hydrogens (tertiary/aromatic N) is 1. The van der Waals surface area contributed by atoms with Gasteiger partial charge in [-0.25, -0.2) is 0 Å². The van der Waals surface area contributed by atoms with Crippen LogP contribution in [0.4, 0.5) is 0 Å². The maximum absolute atomic E-state index is 6.36. The normalized spacial score (nSPS) is 14.6. The van der Waals surface area contributed by atoms with Crippen LogP contribution in [0, 0.1) is 0 Å². The average molecular weight is 327 g/mol. The van der Waals surface area contributed by atoms with E-state index in [-0.39, 0.29) is 12.1 Å². The van der Waals surface area contributed by atoms with Gasteiger partial charge in [-0.2, -0.15) is 0 Å². The van der Waals surface area contributed by atoms with Crippen LogP contribution in [0.2, 0.25) is 0 Å². The second-order valence-corrected chi connectivity index (χ2v) is 6.08. The molecule has 19 heavy (non-hydrogen) atoms. The van der Waals surface area contributed by atoms with E-state index >= 15 is 0 Å². The lowest BCUT2D eigenvalue weighted by atomic mass is 9.96. The number of likely N-dealkylation sites (N-methyl/N-ethyl adjacent to an activating group) is 1. The van der Waals surface area contributed by atoms with E-state index in [1.807, 2.05) is 0 Å². The highest BCUT2D eigenvalue weighted by Crippen LogP contribution is 2.30. The summed E-state index contributed by atoms with van der Waals surface area (Å²) in [6.45, 7) is 5.50. The first-order chi connectivity index (χ1) is 9.11. The summed E-state index contributed by atoms with van der Waals surface area (Å²) >= 11 is 3.66. The van der Waals surface area contributed by atoms with Crippen LogP contribution in [0.25, 0.3) is 0 Å². The standard InChI is InChI=1S/C16H27BrN2/c1-4-6-9-12-19(3)16(15(18)5-2)13-10-7-8-11-14(13)17/h7-8,10-11,15-16H,4-6,9,12,18H2,1-3H3. The zero-order valence-electron chi connectivity index (χ0n) is 12.4. The first-order valence-corrected chi connectivity index (χ1v) is 8.11. The molecule has 0 aliphatic rings. The Bertz CT molecular complexity index is 368. The van der Waals surface area contributed by atoms with Crippen molar-refractivity contribution in [3.05, 3.63) is 34.3 Å². The summed E-state index contributed by atoms with van der Waals surface area (Å²) in [6, 6.07) is 8.89. The Morgan fingerprint density at radius 1 is 1.21 bits per heavy atom. The van der Waals surface area contributed by atoms with Crippen molar-refractivity contribution in [1.29, 1.82) is 0 Å². The van der Waals surface area contributed by atoms with Crippen molar-refractivity contribution in [3.8, 4) is 0 Å². The van der Waals surface area contributed by atoms with Gasteiger partial charge in [0.25, 0.3) is 0 Å². The third-order valence-electron chi connectivity index (χ3n) is 3.69. The van der Waals surface area contributed by atoms with Gasteiger partial charge >= 0.3 is 0 Å². The van der Waals surface area contributed by atoms with Crippen LogP contribution in [0.1, 0.15) is 51.1 Å². The fraction of sp³-hybridized carbons (Fsp3) is 0.625. The lowest BCUT2D eigenvalue weighted by Crippen LogP contribution is -2.39. The Kier molecular flexibility index (Phi) is 7.66. The number of halogens is 1. The molecule has 0 saturated heterocycles. The van der Waals surface area contributed by atoms with Gasteiger partial charge in [-0.1, -0.05) is 60.8 Å². The molecule has 0 aliphatic carbocycles. The maximum Gasteiger partial charge on any atom is 0.0507 e. The summed E-state index contributed by atoms with van der Waals surface area (Å²) in [5.41, 5.74) is 7.66. The molecule has 0 bridgehead atoms. The number of hydrogen-bond donors (Lipinski definition) is 1. The molecule has 2 atom stereocenters. The average Bonchev–Trinajstić information content (AvgIpc) is 2.41. The molecule has 1 aromatic carbocycles. The Hall–Kier alpha value is -0.380. The highest BCUT2D eigenvalue weighted by atomic mass is 79.9. The lowest BCUT2D eigenvalue weighted by Gasteiger charge is -2.33. The first-order valence-electron chi connectivity index (χ1n) is 7.32. The third kappa shape index (κ3) is 4.90. The van der Waals surface area contributed by atoms with Crippen molar-refractivity contribution >= 4 is 15.9 Å². The van der Waals surface area contributed by atoms with Gasteiger partial charge in [-0.3, -0.25) is 4.90 Å². The van der Waals surface area contributed by atoms with Gasteiger partial charge < -0.3 is 5.73 Å². The number of hydrogen-bond acceptors (Lipinski definition) is 2. The van der Waals surface area contributed by atoms with Crippen LogP contribution >= 0.6 is 15.9 Å². The Balaban J connectivity index is 2.86. The van der Waals surface area contributed by atoms with Crippen molar-refractivity contribution in [2.75, 3.05) is 13.6 Å². The lowest BCUT2D eigenvalue weighted by molar-refractivity contribution is 0.205. The van der Waals surface area contributed by atoms with Gasteiger partial charge in [0.15, 0.2) is 0 Å². The third-order valence-corrected chi connectivity index (χ3v) is 4.41. The minimum absolute atomic E-state index is 0.172. The van der Waals surface area contributed by atoms with Crippen LogP contribution in [-0.2, 0) is 0 Å². The maximum atomic E-state index is 6.36. The molecule has 0 heterocycles. The van der Waals surface area contributed by atoms with Crippen LogP contribution in [-0.4, -0.2) is 24.5 Å². The number of benzene rings is 1. The number of unbranched alkanes of at least 4 members (excludes halogenated alkanes) is 2. The predicted molar refractivity (Wildman–Crippen MR) is 87.3 cm³/mol. The van der Waals surface area contributed by atoms with Crippen LogP contribution in [0.15, 0.2) is 28.7 Å². The van der Waals surface area contributed by atoms with Gasteiger partial charge in [0.2, 0.25) is 0 Å². The van der Waals surface area contributed by atoms with Crippen LogP contribution in [0.3, 0.4) is 0 Å². The second kappa shape index (κ2) is 8.72. The molecular formula is C16H27BrN2. The van der Waals surface area contributed by atoms with Crippen molar-refractivity contribution in [2.45, 2.75) is 51.6 Å². The zero-order chi connectivity index (χ0) is 14.3. The number of rotatable bonds is 8. The van der Waals surface area contributed by atoms with E-state index < -0.39 is 0 Å². The van der Waals surface area contributed by atoms with E-state index in [2.05, 4.69) is 66.0 Å². The smallest absolute Gasteiger partial charge is 0.0507 e. The van der Waals surface area contributed by atoms with E-state index in [4.69, 9.17) is 5.73 Å². The Morgan fingerprint density at radius 2 is 1.89 bits per heavy atom. The Labute approximate surface area is 126 Å². The van der Waals surface area contributed by atoms with Gasteiger partial charge in [0, 0.05) is 10.5 Å². The molecule has 0 amide bonds. The Morgan fingerprint density at radius 3 is 2.47 bits per heavy atom. The predicted octanol–water partition coefficient (Wildman–Crippen LogP) is 4.35. The largest absolute Gasteiger partial charge is 0.326 e. The second-order valence-electron chi connectivity index (χ2n) is 5.23. The van der Waals surface area contributed by atoms with E-state index in [1.165, 1.54) is 24.8 Å². The minimum atomic E-state index is 0.172. The molecule has 2 unspecified atom stereocenters. The molecule has 1 rings (SSSR count). The van der Waals surface area contributed by atoms with Crippen molar-refractivity contribution in [3.63, 3.8) is 0 Å². The molecule has 0 fully saturated rings. The molecule has 0 radical (unpaired) electrons. The molecule has 2 nitrogen and oxygen atoms in total. The highest BCUT2D eigenvalue weighted by molar-refractivity contribution is 9.10. The van der Waals surface area contributed by atoms with Gasteiger partial charge in [0.05, 0.1) is 6.04 Å². The molecule has 0 aromatic heterocycles. The molecular weight excluding hydrogens is 300 g/mol. The molecule has 2 N–H and O–H groups in total. The summed E-state index contributed by atoms with van der Waals surface area (Å²) in [5, 5.41) is 0. The van der Waals surface area contributed by atoms with Crippen LogP contribution in [0.5, 0.6) is 0 Å². The summed E-state index contributed by atoms with van der Waals surface area (Å²) in [5.74, 6) is 0. The fourth-order valence-corrected chi connectivity index (χ4v) is 3.00. The van der Waals surface area contributed by atoms with Gasteiger partial charge in [-0.15, -0.1) is 0 Å². The summed E-state index contributed by atoms with van der Waals surface area (Å²) in [6.07, 6.45) is 4.77. The molecule has 0 spiro atoms. The SMILES string of the molecule is CCCCCN(C)C(c1ccccc1Br)C(N)CC. The van der Waals surface area contributed by atoms with E-state index in [0.29, 0.717) is 0 Å². The minimum Gasteiger partial charge on any atom is -0.326 e. The van der Waals surface area contributed by atoms with Crippen LogP contribution < -0.4 is 5.73 Å². The molecule has 0 saturated carbocycles. The van der Waals surface area contributed by atoms with E-state index in [0.717, 1.165) is 17.4 Å². The molecule has 3 heteroatoms. The van der Waals surface area contributed by atoms with Crippen molar-refractivity contribution < 1.29 is 0 Å². The quantitative estimate of drug-likeness (QED) is 0.719. The van der Waals surface area contributed by atoms with Gasteiger partial charge in [-0.05, 0) is 38.1 Å². The van der Waals surface area contributed by atoms with Crippen molar-refractivity contribution in [1.82, 2.24) is 4.90 Å². The number of nitrogens with two attached hydrogens (primary N) is 1. The van der Waals surface area contributed by atoms with E-state index in [1.54, 1.807) is 0 Å².